The second kappa shape index (κ2) is 29.6. The van der Waals surface area contributed by atoms with Gasteiger partial charge >= 0.3 is 0 Å². The Kier molecular flexibility index (Phi) is 17.4. The van der Waals surface area contributed by atoms with E-state index < -0.39 is 18.0 Å². The van der Waals surface area contributed by atoms with Gasteiger partial charge in [0.1, 0.15) is 0 Å². The molecule has 0 amide bonds. The molecular formula is C115H72N5OPS2. The summed E-state index contributed by atoms with van der Waals surface area (Å²) in [5, 5.41) is 9.51. The molecule has 9 heteroatoms. The van der Waals surface area contributed by atoms with E-state index >= 15 is 0 Å². The number of fused-ring (bicyclic) bond motifs is 24. The highest BCUT2D eigenvalue weighted by atomic mass is 32.2. The lowest BCUT2D eigenvalue weighted by atomic mass is 9.67. The van der Waals surface area contributed by atoms with E-state index in [9.17, 15) is 4.57 Å². The molecule has 7 heterocycles. The van der Waals surface area contributed by atoms with Crippen molar-refractivity contribution < 1.29 is 4.57 Å². The van der Waals surface area contributed by atoms with Crippen LogP contribution in [0.5, 0.6) is 0 Å². The Morgan fingerprint density at radius 3 is 0.911 bits per heavy atom. The summed E-state index contributed by atoms with van der Waals surface area (Å²) in [6.07, 6.45) is 3.61. The summed E-state index contributed by atoms with van der Waals surface area (Å²) in [5.74, 6) is 0. The van der Waals surface area contributed by atoms with E-state index in [0.717, 1.165) is 127 Å². The van der Waals surface area contributed by atoms with E-state index in [2.05, 4.69) is 325 Å². The molecule has 0 atom stereocenters. The molecule has 0 N–H and O–H groups in total. The van der Waals surface area contributed by atoms with Crippen LogP contribution in [0.1, 0.15) is 44.5 Å². The van der Waals surface area contributed by atoms with Crippen molar-refractivity contribution in [1.82, 2.24) is 24.9 Å². The molecule has 0 unspecified atom stereocenters. The largest absolute Gasteiger partial charge is 0.309 e. The third-order valence-corrected chi connectivity index (χ3v) is 31.1. The van der Waals surface area contributed by atoms with E-state index in [1.807, 2.05) is 133 Å². The first-order valence-electron chi connectivity index (χ1n) is 42.0. The second-order valence-corrected chi connectivity index (χ2v) is 37.2. The summed E-state index contributed by atoms with van der Waals surface area (Å²) in [5.41, 5.74) is 30.8. The van der Waals surface area contributed by atoms with Gasteiger partial charge in [-0.15, -0.1) is 0 Å². The first-order valence-corrected chi connectivity index (χ1v) is 45.3. The molecule has 16 aromatic carbocycles. The Bertz CT molecular complexity index is 7740. The zero-order valence-corrected chi connectivity index (χ0v) is 69.5. The van der Waals surface area contributed by atoms with Crippen molar-refractivity contribution in [2.24, 2.45) is 0 Å². The van der Waals surface area contributed by atoms with Crippen LogP contribution in [0.25, 0.3) is 144 Å². The van der Waals surface area contributed by atoms with Crippen LogP contribution < -0.4 is 15.9 Å². The lowest BCUT2D eigenvalue weighted by Crippen LogP contribution is -2.31. The summed E-state index contributed by atoms with van der Waals surface area (Å²) >= 11 is 3.76. The molecule has 0 fully saturated rings. The third kappa shape index (κ3) is 11.6. The van der Waals surface area contributed by atoms with Crippen LogP contribution in [-0.4, -0.2) is 24.9 Å². The zero-order chi connectivity index (χ0) is 82.0. The van der Waals surface area contributed by atoms with Gasteiger partial charge in [0, 0.05) is 80.6 Å². The van der Waals surface area contributed by atoms with E-state index in [-0.39, 0.29) is 0 Å². The van der Waals surface area contributed by atoms with Gasteiger partial charge in [-0.1, -0.05) is 351 Å². The SMILES string of the molecule is O=P(c1ccccc1)(c1ccccc1)c1ccc(-c2ccc(-c3nc4ccccc4c4cc5c(cc34)-c3ccccc3C53c4ccccc4Sc4ccccc43)cc2)cc1.c1ccc(-c2cc(-c3ccc(-c4ccc(-c5nc6ccccc6c6cc7c(cc56)-c5ccccc5C75c6ccccc6Sc6ccccc65)cc4)cc3)cc(-c3ccccn3)n2)nc1. The predicted octanol–water partition coefficient (Wildman–Crippen LogP) is 27.9. The molecule has 0 saturated heterocycles. The molecule has 124 heavy (non-hydrogen) atoms. The number of rotatable bonds is 10. The Balaban J connectivity index is 0.000000140. The smallest absolute Gasteiger partial charge is 0.171 e. The van der Waals surface area contributed by atoms with Gasteiger partial charge in [0.05, 0.1) is 56.0 Å². The average Bonchev–Trinajstić information content (AvgIpc) is 1.50. The van der Waals surface area contributed by atoms with Gasteiger partial charge in [0.25, 0.3) is 0 Å². The highest BCUT2D eigenvalue weighted by Crippen LogP contribution is 2.65. The molecule has 21 aromatic rings. The minimum atomic E-state index is -3.06. The van der Waals surface area contributed by atoms with E-state index in [0.29, 0.717) is 0 Å². The fraction of sp³-hybridized carbons (Fsp3) is 0.0174. The number of hydrogen-bond donors (Lipinski definition) is 0. The Labute approximate surface area is 726 Å². The van der Waals surface area contributed by atoms with Crippen molar-refractivity contribution in [2.45, 2.75) is 30.4 Å². The Morgan fingerprint density at radius 2 is 0.524 bits per heavy atom. The monoisotopic (exact) mass is 1630 g/mol. The molecule has 25 rings (SSSR count). The van der Waals surface area contributed by atoms with E-state index in [1.165, 1.54) is 97.1 Å². The predicted molar refractivity (Wildman–Crippen MR) is 512 cm³/mol. The maximum atomic E-state index is 15.0. The molecule has 0 saturated carbocycles. The van der Waals surface area contributed by atoms with Crippen molar-refractivity contribution in [2.75, 3.05) is 0 Å². The number of hydrogen-bond acceptors (Lipinski definition) is 8. The summed E-state index contributed by atoms with van der Waals surface area (Å²) in [6.45, 7) is 0. The zero-order valence-electron chi connectivity index (χ0n) is 67.0. The Hall–Kier alpha value is -14.8. The van der Waals surface area contributed by atoms with Crippen LogP contribution in [0.3, 0.4) is 0 Å². The fourth-order valence-electron chi connectivity index (χ4n) is 20.1. The lowest BCUT2D eigenvalue weighted by Gasteiger charge is -2.39. The molecule has 2 spiro atoms. The second-order valence-electron chi connectivity index (χ2n) is 32.2. The van der Waals surface area contributed by atoms with Gasteiger partial charge in [-0.05, 0) is 208 Å². The normalized spacial score (nSPS) is 13.3. The standard InChI is InChI=1S/C59H36N4S.C56H36NOPS/c1-3-15-47-42(13-1)45-35-46-44(36-50(45)59(47)48-16-4-7-21-56(48)64-57-22-8-5-17-49(57)59)43-14-2-6-18-51(43)63-58(46)40-29-27-38(28-30-40)37-23-25-39(26-24-37)41-33-54(52-19-9-11-31-60-52)62-55(34-41)53-20-10-12-32-61-53;58-59(40-15-3-1-4-16-40,41-17-5-2-6-18-41)42-33-31-38(32-34-42)37-27-29-39(30-28-37)55-47-35-46-43-19-7-9-21-48(43)56(51(46)36-45(47)44-20-8-12-24-52(44)57-55)49-22-10-13-25-53(49)60-54-26-14-11-23-50(54)56/h1-36H;1-36H. The van der Waals surface area contributed by atoms with Crippen molar-refractivity contribution in [1.29, 1.82) is 0 Å². The first kappa shape index (κ1) is 73.2. The maximum Gasteiger partial charge on any atom is 0.171 e. The molecule has 5 aromatic heterocycles. The van der Waals surface area contributed by atoms with Crippen molar-refractivity contribution in [3.8, 4) is 101 Å². The van der Waals surface area contributed by atoms with Crippen LogP contribution in [0.2, 0.25) is 0 Å². The average molecular weight is 1630 g/mol. The minimum absolute atomic E-state index is 0.444. The van der Waals surface area contributed by atoms with Crippen molar-refractivity contribution in [3.63, 3.8) is 0 Å². The number of pyridine rings is 5. The molecule has 2 aliphatic carbocycles. The Morgan fingerprint density at radius 1 is 0.210 bits per heavy atom. The van der Waals surface area contributed by atoms with Crippen LogP contribution >= 0.6 is 30.7 Å². The number of benzene rings is 16. The number of nitrogens with zero attached hydrogens (tertiary/aromatic N) is 5. The quantitative estimate of drug-likeness (QED) is 0.0990. The number of para-hydroxylation sites is 2. The van der Waals surface area contributed by atoms with Gasteiger partial charge in [-0.25, -0.2) is 15.0 Å². The van der Waals surface area contributed by atoms with Gasteiger partial charge in [-0.2, -0.15) is 0 Å². The van der Waals surface area contributed by atoms with Gasteiger partial charge in [0.2, 0.25) is 0 Å². The third-order valence-electron chi connectivity index (χ3n) is 25.7. The molecule has 580 valence electrons. The number of aromatic nitrogens is 5. The molecule has 2 aliphatic heterocycles. The van der Waals surface area contributed by atoms with Gasteiger partial charge < -0.3 is 4.57 Å². The van der Waals surface area contributed by atoms with Crippen molar-refractivity contribution in [3.05, 3.63) is 482 Å². The summed E-state index contributed by atoms with van der Waals surface area (Å²) in [7, 11) is -3.06. The highest BCUT2D eigenvalue weighted by molar-refractivity contribution is 7.99. The molecule has 6 nitrogen and oxygen atoms in total. The fourth-order valence-corrected chi connectivity index (χ4v) is 25.1. The van der Waals surface area contributed by atoms with Crippen LogP contribution in [0.4, 0.5) is 0 Å². The molecular weight excluding hydrogens is 1560 g/mol. The molecule has 0 bridgehead atoms. The van der Waals surface area contributed by atoms with Crippen LogP contribution in [0.15, 0.2) is 457 Å². The molecule has 4 aliphatic rings. The summed E-state index contributed by atoms with van der Waals surface area (Å²) in [6, 6.07) is 151. The highest BCUT2D eigenvalue weighted by Gasteiger charge is 2.52. The van der Waals surface area contributed by atoms with Crippen LogP contribution in [-0.2, 0) is 15.4 Å². The van der Waals surface area contributed by atoms with Crippen LogP contribution in [0, 0.1) is 0 Å². The summed E-state index contributed by atoms with van der Waals surface area (Å²) < 4.78 is 15.0. The first-order chi connectivity index (χ1) is 61.3. The topological polar surface area (TPSA) is 81.5 Å². The van der Waals surface area contributed by atoms with Crippen molar-refractivity contribution >= 4 is 89.9 Å². The lowest BCUT2D eigenvalue weighted by molar-refractivity contribution is 0.592. The van der Waals surface area contributed by atoms with Gasteiger partial charge in [0.15, 0.2) is 7.14 Å². The minimum Gasteiger partial charge on any atom is -0.309 e. The molecule has 0 radical (unpaired) electrons. The van der Waals surface area contributed by atoms with Gasteiger partial charge in [-0.3, -0.25) is 9.97 Å². The van der Waals surface area contributed by atoms with E-state index in [1.54, 1.807) is 12.4 Å². The van der Waals surface area contributed by atoms with E-state index in [4.69, 9.17) is 15.0 Å². The maximum absolute atomic E-state index is 15.0. The summed E-state index contributed by atoms with van der Waals surface area (Å²) in [4.78, 5) is 30.2.